The van der Waals surface area contributed by atoms with E-state index in [1.54, 1.807) is 35.0 Å². The molecule has 0 unspecified atom stereocenters. The summed E-state index contributed by atoms with van der Waals surface area (Å²) in [7, 11) is 0. The Morgan fingerprint density at radius 2 is 1.12 bits per heavy atom. The minimum Gasteiger partial charge on any atom is -0.289 e. The van der Waals surface area contributed by atoms with Crippen LogP contribution in [0.1, 0.15) is 0 Å². The molecular formula is C12H6O2S2. The molecule has 3 aromatic rings. The van der Waals surface area contributed by atoms with Gasteiger partial charge >= 0.3 is 0 Å². The topological polar surface area (TPSA) is 34.1 Å². The van der Waals surface area contributed by atoms with Crippen LogP contribution >= 0.6 is 22.7 Å². The summed E-state index contributed by atoms with van der Waals surface area (Å²) >= 11 is 3.00. The summed E-state index contributed by atoms with van der Waals surface area (Å²) in [6.45, 7) is 0. The summed E-state index contributed by atoms with van der Waals surface area (Å²) in [5.74, 6) is 0. The van der Waals surface area contributed by atoms with Crippen LogP contribution in [0.15, 0.2) is 44.6 Å². The van der Waals surface area contributed by atoms with Crippen LogP contribution in [0.25, 0.3) is 20.2 Å². The van der Waals surface area contributed by atoms with Crippen LogP contribution in [-0.4, -0.2) is 0 Å². The van der Waals surface area contributed by atoms with Gasteiger partial charge in [-0.1, -0.05) is 0 Å². The van der Waals surface area contributed by atoms with Crippen LogP contribution < -0.4 is 10.9 Å². The predicted octanol–water partition coefficient (Wildman–Crippen LogP) is 2.84. The monoisotopic (exact) mass is 246 g/mol. The molecule has 2 nitrogen and oxygen atoms in total. The molecule has 0 bridgehead atoms. The summed E-state index contributed by atoms with van der Waals surface area (Å²) in [6, 6.07) is 6.60. The molecule has 0 amide bonds. The summed E-state index contributed by atoms with van der Waals surface area (Å²) in [5, 5.41) is 4.94. The van der Waals surface area contributed by atoms with Crippen LogP contribution in [0.3, 0.4) is 0 Å². The van der Waals surface area contributed by atoms with Crippen molar-refractivity contribution in [3.05, 3.63) is 55.5 Å². The average Bonchev–Trinajstić information content (AvgIpc) is 2.30. The first-order valence-corrected chi connectivity index (χ1v) is 6.45. The Kier molecular flexibility index (Phi) is 2.12. The van der Waals surface area contributed by atoms with Crippen molar-refractivity contribution in [2.24, 2.45) is 0 Å². The number of rotatable bonds is 0. The van der Waals surface area contributed by atoms with Crippen LogP contribution in [0.2, 0.25) is 0 Å². The van der Waals surface area contributed by atoms with Gasteiger partial charge in [0.05, 0.1) is 9.40 Å². The molecule has 0 fully saturated rings. The zero-order valence-corrected chi connectivity index (χ0v) is 9.73. The van der Waals surface area contributed by atoms with Gasteiger partial charge in [0.2, 0.25) is 0 Å². The molecule has 0 aliphatic rings. The molecule has 0 atom stereocenters. The Bertz CT molecular complexity index is 730. The van der Waals surface area contributed by atoms with Crippen molar-refractivity contribution in [1.29, 1.82) is 0 Å². The van der Waals surface area contributed by atoms with E-state index < -0.39 is 0 Å². The van der Waals surface area contributed by atoms with Crippen molar-refractivity contribution in [1.82, 2.24) is 0 Å². The maximum Gasteiger partial charge on any atom is 0.188 e. The second-order valence-electron chi connectivity index (χ2n) is 3.39. The van der Waals surface area contributed by atoms with Crippen molar-refractivity contribution in [3.8, 4) is 0 Å². The van der Waals surface area contributed by atoms with E-state index in [2.05, 4.69) is 0 Å². The number of hydrogen-bond donors (Lipinski definition) is 0. The van der Waals surface area contributed by atoms with Gasteiger partial charge in [0.25, 0.3) is 0 Å². The van der Waals surface area contributed by atoms with Gasteiger partial charge in [-0.25, -0.2) is 0 Å². The van der Waals surface area contributed by atoms with Crippen molar-refractivity contribution < 1.29 is 0 Å². The zero-order valence-electron chi connectivity index (χ0n) is 8.10. The van der Waals surface area contributed by atoms with E-state index in [1.807, 2.05) is 0 Å². The molecule has 0 aliphatic heterocycles. The van der Waals surface area contributed by atoms with Crippen LogP contribution in [0, 0.1) is 0 Å². The molecule has 3 rings (SSSR count). The lowest BCUT2D eigenvalue weighted by Gasteiger charge is -1.99. The molecule has 2 aromatic heterocycles. The van der Waals surface area contributed by atoms with Gasteiger partial charge in [0, 0.05) is 10.8 Å². The molecule has 0 spiro atoms. The smallest absolute Gasteiger partial charge is 0.188 e. The van der Waals surface area contributed by atoms with Crippen molar-refractivity contribution >= 4 is 42.8 Å². The van der Waals surface area contributed by atoms with Gasteiger partial charge in [-0.05, 0) is 35.0 Å². The van der Waals surface area contributed by atoms with Gasteiger partial charge in [-0.15, -0.1) is 22.7 Å². The fraction of sp³-hybridized carbons (Fsp3) is 0. The maximum absolute atomic E-state index is 11.6. The lowest BCUT2D eigenvalue weighted by atomic mass is 10.2. The van der Waals surface area contributed by atoms with Gasteiger partial charge in [-0.2, -0.15) is 0 Å². The van der Waals surface area contributed by atoms with Crippen molar-refractivity contribution in [2.45, 2.75) is 0 Å². The zero-order chi connectivity index (χ0) is 11.1. The Morgan fingerprint density at radius 3 is 1.56 bits per heavy atom. The lowest BCUT2D eigenvalue weighted by Crippen LogP contribution is -2.00. The van der Waals surface area contributed by atoms with Gasteiger partial charge in [0.1, 0.15) is 0 Å². The summed E-state index contributed by atoms with van der Waals surface area (Å²) in [4.78, 5) is 23.3. The van der Waals surface area contributed by atoms with E-state index >= 15 is 0 Å². The number of fused-ring (bicyclic) bond motifs is 3. The molecule has 0 aliphatic carbocycles. The lowest BCUT2D eigenvalue weighted by molar-refractivity contribution is 1.72. The van der Waals surface area contributed by atoms with Crippen molar-refractivity contribution in [2.75, 3.05) is 0 Å². The Balaban J connectivity index is 2.71. The minimum atomic E-state index is 0.0131. The molecule has 2 heterocycles. The number of hydrogen-bond acceptors (Lipinski definition) is 4. The van der Waals surface area contributed by atoms with Gasteiger partial charge in [-0.3, -0.25) is 9.59 Å². The third kappa shape index (κ3) is 1.31. The SMILES string of the molecule is O=c1ccsc2c1ccc1c(=O)ccsc12. The van der Waals surface area contributed by atoms with E-state index in [4.69, 9.17) is 0 Å². The normalized spacial score (nSPS) is 11.0. The third-order valence-corrected chi connectivity index (χ3v) is 4.45. The molecule has 1 aromatic carbocycles. The second-order valence-corrected chi connectivity index (χ2v) is 5.22. The summed E-state index contributed by atoms with van der Waals surface area (Å²) < 4.78 is 1.82. The first-order chi connectivity index (χ1) is 7.77. The highest BCUT2D eigenvalue weighted by molar-refractivity contribution is 7.24. The Morgan fingerprint density at radius 1 is 0.688 bits per heavy atom. The third-order valence-electron chi connectivity index (χ3n) is 2.45. The molecule has 16 heavy (non-hydrogen) atoms. The highest BCUT2D eigenvalue weighted by Gasteiger charge is 2.05. The predicted molar refractivity (Wildman–Crippen MR) is 69.7 cm³/mol. The van der Waals surface area contributed by atoms with E-state index in [0.717, 1.165) is 9.40 Å². The second kappa shape index (κ2) is 3.50. The highest BCUT2D eigenvalue weighted by Crippen LogP contribution is 2.27. The van der Waals surface area contributed by atoms with Gasteiger partial charge < -0.3 is 0 Å². The molecular weight excluding hydrogens is 240 g/mol. The maximum atomic E-state index is 11.6. The first-order valence-electron chi connectivity index (χ1n) is 4.69. The molecule has 78 valence electrons. The van der Waals surface area contributed by atoms with E-state index in [1.165, 1.54) is 22.7 Å². The Hall–Kier alpha value is -1.52. The average molecular weight is 246 g/mol. The van der Waals surface area contributed by atoms with Gasteiger partial charge in [0.15, 0.2) is 10.9 Å². The molecule has 0 saturated carbocycles. The number of benzene rings is 1. The van der Waals surface area contributed by atoms with E-state index in [0.29, 0.717) is 10.8 Å². The molecule has 0 radical (unpaired) electrons. The van der Waals surface area contributed by atoms with Crippen LogP contribution in [-0.2, 0) is 0 Å². The first kappa shape index (κ1) is 9.69. The largest absolute Gasteiger partial charge is 0.289 e. The standard InChI is InChI=1S/C12H6O2S2/c13-9-3-5-15-11-7(9)1-2-8-10(14)4-6-16-12(8)11/h1-6H. The van der Waals surface area contributed by atoms with Crippen molar-refractivity contribution in [3.63, 3.8) is 0 Å². The van der Waals surface area contributed by atoms with Crippen LogP contribution in [0.4, 0.5) is 0 Å². The molecule has 0 N–H and O–H groups in total. The quantitative estimate of drug-likeness (QED) is 0.572. The fourth-order valence-corrected chi connectivity index (χ4v) is 3.66. The molecule has 4 heteroatoms. The Labute approximate surface area is 98.4 Å². The molecule has 0 saturated heterocycles. The fourth-order valence-electron chi connectivity index (χ4n) is 1.69. The van der Waals surface area contributed by atoms with E-state index in [-0.39, 0.29) is 10.9 Å². The summed E-state index contributed by atoms with van der Waals surface area (Å²) in [5.41, 5.74) is 0.0262. The van der Waals surface area contributed by atoms with Crippen LogP contribution in [0.5, 0.6) is 0 Å². The minimum absolute atomic E-state index is 0.0131. The summed E-state index contributed by atoms with van der Waals surface area (Å²) in [6.07, 6.45) is 0. The van der Waals surface area contributed by atoms with E-state index in [9.17, 15) is 9.59 Å². The highest BCUT2D eigenvalue weighted by atomic mass is 32.1.